The first kappa shape index (κ1) is 22.4. The highest BCUT2D eigenvalue weighted by Crippen LogP contribution is 2.46. The Balaban J connectivity index is 1.31. The number of nitrogens with zero attached hydrogens (tertiary/aromatic N) is 1. The van der Waals surface area contributed by atoms with Gasteiger partial charge < -0.3 is 39.0 Å². The van der Waals surface area contributed by atoms with E-state index >= 15 is 0 Å². The van der Waals surface area contributed by atoms with Gasteiger partial charge in [0.15, 0.2) is 17.8 Å². The SMILES string of the molecule is COc1c(Cl)cc(C(=O)NC[C@@H]2CCN(CCC3OCCO3)CC2O)c2c1OCCO2. The molecule has 4 rings (SSSR count). The Morgan fingerprint density at radius 1 is 1.26 bits per heavy atom. The molecule has 1 amide bonds. The van der Waals surface area contributed by atoms with Crippen molar-refractivity contribution < 1.29 is 33.6 Å². The van der Waals surface area contributed by atoms with E-state index in [9.17, 15) is 9.90 Å². The summed E-state index contributed by atoms with van der Waals surface area (Å²) in [4.78, 5) is 15.1. The van der Waals surface area contributed by atoms with E-state index < -0.39 is 6.10 Å². The molecule has 2 atom stereocenters. The summed E-state index contributed by atoms with van der Waals surface area (Å²) in [6, 6.07) is 1.52. The zero-order valence-corrected chi connectivity index (χ0v) is 18.4. The average Bonchev–Trinajstić information content (AvgIpc) is 3.30. The number of likely N-dealkylation sites (tertiary alicyclic amines) is 1. The molecular formula is C21H29ClN2O7. The number of benzene rings is 1. The van der Waals surface area contributed by atoms with Gasteiger partial charge in [-0.15, -0.1) is 0 Å². The van der Waals surface area contributed by atoms with E-state index in [0.29, 0.717) is 62.3 Å². The number of ether oxygens (including phenoxy) is 5. The predicted octanol–water partition coefficient (Wildman–Crippen LogP) is 1.30. The van der Waals surface area contributed by atoms with Crippen LogP contribution in [0.5, 0.6) is 17.2 Å². The molecule has 2 N–H and O–H groups in total. The number of rotatable bonds is 7. The molecule has 0 aromatic heterocycles. The molecule has 3 heterocycles. The van der Waals surface area contributed by atoms with Crippen molar-refractivity contribution in [3.8, 4) is 17.2 Å². The predicted molar refractivity (Wildman–Crippen MR) is 112 cm³/mol. The molecule has 1 aromatic carbocycles. The van der Waals surface area contributed by atoms with Crippen molar-refractivity contribution in [2.45, 2.75) is 25.2 Å². The van der Waals surface area contributed by atoms with E-state index in [2.05, 4.69) is 10.2 Å². The molecule has 0 radical (unpaired) electrons. The molecule has 172 valence electrons. The van der Waals surface area contributed by atoms with Crippen molar-refractivity contribution in [3.63, 3.8) is 0 Å². The van der Waals surface area contributed by atoms with E-state index in [1.165, 1.54) is 13.2 Å². The zero-order chi connectivity index (χ0) is 21.8. The Morgan fingerprint density at radius 3 is 2.71 bits per heavy atom. The van der Waals surface area contributed by atoms with Gasteiger partial charge >= 0.3 is 0 Å². The van der Waals surface area contributed by atoms with Crippen LogP contribution in [0, 0.1) is 5.92 Å². The Labute approximate surface area is 186 Å². The highest BCUT2D eigenvalue weighted by atomic mass is 35.5. The summed E-state index contributed by atoms with van der Waals surface area (Å²) in [5.41, 5.74) is 0.295. The van der Waals surface area contributed by atoms with Gasteiger partial charge in [0.25, 0.3) is 5.91 Å². The number of halogens is 1. The van der Waals surface area contributed by atoms with Crippen molar-refractivity contribution in [1.29, 1.82) is 0 Å². The lowest BCUT2D eigenvalue weighted by atomic mass is 9.93. The van der Waals surface area contributed by atoms with E-state index in [0.717, 1.165) is 25.9 Å². The smallest absolute Gasteiger partial charge is 0.255 e. The Kier molecular flexibility index (Phi) is 7.39. The molecule has 9 nitrogen and oxygen atoms in total. The average molecular weight is 457 g/mol. The summed E-state index contributed by atoms with van der Waals surface area (Å²) in [5, 5.41) is 13.8. The van der Waals surface area contributed by atoms with Crippen LogP contribution in [-0.2, 0) is 9.47 Å². The number of amides is 1. The van der Waals surface area contributed by atoms with Crippen LogP contribution in [0.15, 0.2) is 6.07 Å². The van der Waals surface area contributed by atoms with Crippen LogP contribution in [0.4, 0.5) is 0 Å². The third-order valence-corrected chi connectivity index (χ3v) is 6.15. The summed E-state index contributed by atoms with van der Waals surface area (Å²) in [5.74, 6) is 0.674. The van der Waals surface area contributed by atoms with Crippen LogP contribution in [0.25, 0.3) is 0 Å². The maximum absolute atomic E-state index is 12.9. The molecule has 10 heteroatoms. The van der Waals surface area contributed by atoms with Gasteiger partial charge in [-0.25, -0.2) is 0 Å². The van der Waals surface area contributed by atoms with Gasteiger partial charge in [-0.2, -0.15) is 0 Å². The molecule has 2 fully saturated rings. The van der Waals surface area contributed by atoms with E-state index in [-0.39, 0.29) is 23.1 Å². The largest absolute Gasteiger partial charge is 0.491 e. The molecule has 1 aromatic rings. The lowest BCUT2D eigenvalue weighted by Gasteiger charge is -2.36. The second-order valence-electron chi connectivity index (χ2n) is 7.88. The Morgan fingerprint density at radius 2 is 2.00 bits per heavy atom. The standard InChI is InChI=1S/C21H29ClN2O7/c1-27-19-15(22)10-14(18-20(19)31-9-8-30-18)21(26)23-11-13-2-4-24(12-16(13)25)5-3-17-28-6-7-29-17/h10,13,16-17,25H,2-9,11-12H2,1H3,(H,23,26)/t13-,16?/m0/s1. The van der Waals surface area contributed by atoms with Crippen LogP contribution in [0.2, 0.25) is 5.02 Å². The molecule has 2 saturated heterocycles. The molecule has 1 unspecified atom stereocenters. The number of aliphatic hydroxyl groups is 1. The van der Waals surface area contributed by atoms with Crippen molar-refractivity contribution in [2.24, 2.45) is 5.92 Å². The van der Waals surface area contributed by atoms with Crippen LogP contribution >= 0.6 is 11.6 Å². The van der Waals surface area contributed by atoms with Crippen LogP contribution in [-0.4, -0.2) is 88.0 Å². The number of hydrogen-bond donors (Lipinski definition) is 2. The molecule has 31 heavy (non-hydrogen) atoms. The first-order chi connectivity index (χ1) is 15.1. The van der Waals surface area contributed by atoms with Gasteiger partial charge in [-0.1, -0.05) is 11.6 Å². The minimum Gasteiger partial charge on any atom is -0.491 e. The van der Waals surface area contributed by atoms with Crippen molar-refractivity contribution in [3.05, 3.63) is 16.7 Å². The first-order valence-electron chi connectivity index (χ1n) is 10.6. The van der Waals surface area contributed by atoms with Gasteiger partial charge in [0.1, 0.15) is 13.2 Å². The quantitative estimate of drug-likeness (QED) is 0.633. The molecule has 3 aliphatic rings. The van der Waals surface area contributed by atoms with E-state index in [1.54, 1.807) is 0 Å². The number of carbonyl (C=O) groups is 1. The highest BCUT2D eigenvalue weighted by Gasteiger charge is 2.31. The molecule has 0 bridgehead atoms. The molecule has 0 aliphatic carbocycles. The maximum Gasteiger partial charge on any atom is 0.255 e. The number of fused-ring (bicyclic) bond motifs is 1. The van der Waals surface area contributed by atoms with Gasteiger partial charge in [0.05, 0.1) is 37.0 Å². The van der Waals surface area contributed by atoms with Gasteiger partial charge in [0, 0.05) is 32.0 Å². The Hall–Kier alpha value is -1.78. The summed E-state index contributed by atoms with van der Waals surface area (Å²) >= 11 is 6.27. The summed E-state index contributed by atoms with van der Waals surface area (Å²) in [6.45, 7) is 4.58. The van der Waals surface area contributed by atoms with Gasteiger partial charge in [0.2, 0.25) is 5.75 Å². The van der Waals surface area contributed by atoms with Gasteiger partial charge in [-0.3, -0.25) is 4.79 Å². The first-order valence-corrected chi connectivity index (χ1v) is 11.0. The van der Waals surface area contributed by atoms with Crippen LogP contribution < -0.4 is 19.5 Å². The maximum atomic E-state index is 12.9. The van der Waals surface area contributed by atoms with Crippen molar-refractivity contribution in [2.75, 3.05) is 59.7 Å². The minimum atomic E-state index is -0.521. The summed E-state index contributed by atoms with van der Waals surface area (Å²) in [6.07, 6.45) is 0.920. The number of aliphatic hydroxyl groups excluding tert-OH is 1. The fraction of sp³-hybridized carbons (Fsp3) is 0.667. The number of nitrogens with one attached hydrogen (secondary N) is 1. The van der Waals surface area contributed by atoms with Gasteiger partial charge in [-0.05, 0) is 19.0 Å². The number of piperidine rings is 1. The molecule has 3 aliphatic heterocycles. The van der Waals surface area contributed by atoms with Crippen LogP contribution in [0.1, 0.15) is 23.2 Å². The monoisotopic (exact) mass is 456 g/mol. The third kappa shape index (κ3) is 5.18. The second-order valence-corrected chi connectivity index (χ2v) is 8.29. The summed E-state index contributed by atoms with van der Waals surface area (Å²) in [7, 11) is 1.49. The Bertz CT molecular complexity index is 787. The number of carbonyl (C=O) groups excluding carboxylic acids is 1. The lowest BCUT2D eigenvalue weighted by Crippen LogP contribution is -2.48. The third-order valence-electron chi connectivity index (χ3n) is 5.87. The normalized spacial score (nSPS) is 24.2. The second kappa shape index (κ2) is 10.2. The number of methoxy groups -OCH3 is 1. The fourth-order valence-corrected chi connectivity index (χ4v) is 4.45. The van der Waals surface area contributed by atoms with Crippen molar-refractivity contribution in [1.82, 2.24) is 10.2 Å². The topological polar surface area (TPSA) is 98.7 Å². The molecule has 0 spiro atoms. The van der Waals surface area contributed by atoms with Crippen LogP contribution in [0.3, 0.4) is 0 Å². The highest BCUT2D eigenvalue weighted by molar-refractivity contribution is 6.33. The fourth-order valence-electron chi connectivity index (χ4n) is 4.18. The van der Waals surface area contributed by atoms with E-state index in [4.69, 9.17) is 35.3 Å². The number of β-amino-alcohol motifs (C(OH)–C–C–N with tert-alkyl or cyclic N) is 1. The van der Waals surface area contributed by atoms with Crippen molar-refractivity contribution >= 4 is 17.5 Å². The van der Waals surface area contributed by atoms with E-state index in [1.807, 2.05) is 0 Å². The summed E-state index contributed by atoms with van der Waals surface area (Å²) < 4.78 is 27.5. The molecular weight excluding hydrogens is 428 g/mol. The lowest BCUT2D eigenvalue weighted by molar-refractivity contribution is -0.0576. The number of hydrogen-bond acceptors (Lipinski definition) is 8. The zero-order valence-electron chi connectivity index (χ0n) is 17.6. The minimum absolute atomic E-state index is 0.0269. The molecule has 0 saturated carbocycles.